The molecular weight excluding hydrogens is 270 g/mol. The Labute approximate surface area is 114 Å². The zero-order valence-electron chi connectivity index (χ0n) is 11.2. The molecule has 1 aromatic carbocycles. The van der Waals surface area contributed by atoms with Crippen molar-refractivity contribution in [3.8, 4) is 11.5 Å². The van der Waals surface area contributed by atoms with E-state index in [1.165, 1.54) is 20.3 Å². The molecule has 0 N–H and O–H groups in total. The summed E-state index contributed by atoms with van der Waals surface area (Å²) in [6.07, 6.45) is 0. The monoisotopic (exact) mass is 283 g/mol. The van der Waals surface area contributed by atoms with Crippen molar-refractivity contribution in [2.45, 2.75) is 6.92 Å². The smallest absolute Gasteiger partial charge is 0.315 e. The van der Waals surface area contributed by atoms with Crippen LogP contribution in [0.15, 0.2) is 12.1 Å². The minimum Gasteiger partial charge on any atom is -0.493 e. The van der Waals surface area contributed by atoms with Gasteiger partial charge >= 0.3 is 11.7 Å². The van der Waals surface area contributed by atoms with Gasteiger partial charge in [-0.3, -0.25) is 19.7 Å². The maximum Gasteiger partial charge on any atom is 0.315 e. The van der Waals surface area contributed by atoms with E-state index < -0.39 is 29.0 Å². The number of hydrogen-bond donors (Lipinski definition) is 0. The van der Waals surface area contributed by atoms with Gasteiger partial charge in [0.15, 0.2) is 12.4 Å². The van der Waals surface area contributed by atoms with Crippen LogP contribution in [0.4, 0.5) is 5.69 Å². The number of nitrogens with zero attached hydrogens (tertiary/aromatic N) is 1. The number of ketones is 1. The number of ether oxygens (including phenoxy) is 3. The van der Waals surface area contributed by atoms with Gasteiger partial charge in [-0.25, -0.2) is 0 Å². The highest BCUT2D eigenvalue weighted by Gasteiger charge is 2.24. The first-order valence-corrected chi connectivity index (χ1v) is 5.47. The molecular formula is C12H13NO7. The van der Waals surface area contributed by atoms with Crippen molar-refractivity contribution >= 4 is 17.4 Å². The average Bonchev–Trinajstić information content (AvgIpc) is 2.42. The summed E-state index contributed by atoms with van der Waals surface area (Å²) >= 11 is 0. The van der Waals surface area contributed by atoms with Gasteiger partial charge in [-0.1, -0.05) is 0 Å². The van der Waals surface area contributed by atoms with Crippen molar-refractivity contribution in [2.24, 2.45) is 0 Å². The fourth-order valence-corrected chi connectivity index (χ4v) is 1.49. The molecule has 0 amide bonds. The molecule has 0 bridgehead atoms. The molecule has 0 aliphatic heterocycles. The number of methoxy groups -OCH3 is 2. The second-order valence-corrected chi connectivity index (χ2v) is 3.69. The van der Waals surface area contributed by atoms with E-state index in [9.17, 15) is 19.7 Å². The number of Topliss-reactive ketones (excluding diaryl/α,β-unsaturated/α-hetero) is 1. The number of carbonyl (C=O) groups excluding carboxylic acids is 2. The molecule has 8 nitrogen and oxygen atoms in total. The largest absolute Gasteiger partial charge is 0.493 e. The molecule has 0 aliphatic rings. The van der Waals surface area contributed by atoms with E-state index >= 15 is 0 Å². The molecule has 0 saturated carbocycles. The van der Waals surface area contributed by atoms with Crippen molar-refractivity contribution < 1.29 is 28.7 Å². The maximum absolute atomic E-state index is 11.8. The second kappa shape index (κ2) is 6.50. The summed E-state index contributed by atoms with van der Waals surface area (Å²) in [7, 11) is 2.55. The lowest BCUT2D eigenvalue weighted by Crippen LogP contribution is -2.12. The lowest BCUT2D eigenvalue weighted by Gasteiger charge is -2.10. The molecule has 8 heteroatoms. The maximum atomic E-state index is 11.8. The van der Waals surface area contributed by atoms with Gasteiger partial charge in [-0.15, -0.1) is 0 Å². The predicted octanol–water partition coefficient (Wildman–Crippen LogP) is 1.36. The number of esters is 1. The lowest BCUT2D eigenvalue weighted by molar-refractivity contribution is -0.385. The van der Waals surface area contributed by atoms with Crippen molar-refractivity contribution in [2.75, 3.05) is 20.8 Å². The molecule has 0 aromatic heterocycles. The molecule has 108 valence electrons. The van der Waals surface area contributed by atoms with Crippen molar-refractivity contribution in [3.05, 3.63) is 27.8 Å². The topological polar surface area (TPSA) is 105 Å². The van der Waals surface area contributed by atoms with E-state index in [1.54, 1.807) is 0 Å². The van der Waals surface area contributed by atoms with Crippen LogP contribution in [0.1, 0.15) is 17.3 Å². The van der Waals surface area contributed by atoms with E-state index in [-0.39, 0.29) is 17.1 Å². The number of benzene rings is 1. The quantitative estimate of drug-likeness (QED) is 0.336. The van der Waals surface area contributed by atoms with Crippen LogP contribution in [0.25, 0.3) is 0 Å². The first kappa shape index (κ1) is 15.4. The third-order valence-corrected chi connectivity index (χ3v) is 2.38. The normalized spacial score (nSPS) is 9.75. The van der Waals surface area contributed by atoms with Crippen LogP contribution in [-0.4, -0.2) is 37.5 Å². The number of carbonyl (C=O) groups is 2. The summed E-state index contributed by atoms with van der Waals surface area (Å²) in [4.78, 5) is 32.7. The van der Waals surface area contributed by atoms with Crippen molar-refractivity contribution in [3.63, 3.8) is 0 Å². The first-order chi connectivity index (χ1) is 9.40. The summed E-state index contributed by atoms with van der Waals surface area (Å²) in [5, 5.41) is 11.0. The molecule has 0 radical (unpaired) electrons. The van der Waals surface area contributed by atoms with Crippen LogP contribution in [0.5, 0.6) is 11.5 Å². The Kier molecular flexibility index (Phi) is 5.01. The van der Waals surface area contributed by atoms with E-state index in [4.69, 9.17) is 9.47 Å². The third-order valence-electron chi connectivity index (χ3n) is 2.38. The first-order valence-electron chi connectivity index (χ1n) is 5.47. The highest BCUT2D eigenvalue weighted by atomic mass is 16.6. The molecule has 20 heavy (non-hydrogen) atoms. The van der Waals surface area contributed by atoms with Gasteiger partial charge in [-0.2, -0.15) is 0 Å². The van der Waals surface area contributed by atoms with Gasteiger partial charge in [0, 0.05) is 18.6 Å². The van der Waals surface area contributed by atoms with E-state index in [1.807, 2.05) is 0 Å². The number of rotatable bonds is 6. The average molecular weight is 283 g/mol. The molecule has 0 spiro atoms. The number of hydrogen-bond acceptors (Lipinski definition) is 7. The van der Waals surface area contributed by atoms with Crippen LogP contribution in [0.3, 0.4) is 0 Å². The van der Waals surface area contributed by atoms with Crippen LogP contribution < -0.4 is 9.47 Å². The Hall–Kier alpha value is -2.64. The highest BCUT2D eigenvalue weighted by molar-refractivity contribution is 5.99. The molecule has 0 saturated heterocycles. The standard InChI is InChI=1S/C12H13NO7/c1-7(14)20-6-10(15)8-4-9(13(16)17)12(19-3)11(5-8)18-2/h4-5H,6H2,1-3H3. The summed E-state index contributed by atoms with van der Waals surface area (Å²) in [6, 6.07) is 2.34. The summed E-state index contributed by atoms with van der Waals surface area (Å²) in [6.45, 7) is 0.659. The van der Waals surface area contributed by atoms with Gasteiger partial charge in [0.2, 0.25) is 11.5 Å². The number of nitro groups is 1. The predicted molar refractivity (Wildman–Crippen MR) is 67.2 cm³/mol. The van der Waals surface area contributed by atoms with Gasteiger partial charge in [0.05, 0.1) is 19.1 Å². The fraction of sp³-hybridized carbons (Fsp3) is 0.333. The fourth-order valence-electron chi connectivity index (χ4n) is 1.49. The van der Waals surface area contributed by atoms with E-state index in [2.05, 4.69) is 4.74 Å². The van der Waals surface area contributed by atoms with Gasteiger partial charge < -0.3 is 14.2 Å². The van der Waals surface area contributed by atoms with Gasteiger partial charge in [0.1, 0.15) is 0 Å². The minimum atomic E-state index is -0.691. The van der Waals surface area contributed by atoms with Crippen LogP contribution >= 0.6 is 0 Å². The molecule has 1 aromatic rings. The van der Waals surface area contributed by atoms with Crippen molar-refractivity contribution in [1.29, 1.82) is 0 Å². The summed E-state index contributed by atoms with van der Waals surface area (Å²) in [5.41, 5.74) is -0.409. The van der Waals surface area contributed by atoms with Crippen molar-refractivity contribution in [1.82, 2.24) is 0 Å². The Morgan fingerprint density at radius 3 is 2.35 bits per heavy atom. The zero-order chi connectivity index (χ0) is 15.3. The molecule has 0 atom stereocenters. The second-order valence-electron chi connectivity index (χ2n) is 3.69. The molecule has 0 heterocycles. The molecule has 1 rings (SSSR count). The van der Waals surface area contributed by atoms with Gasteiger partial charge in [0.25, 0.3) is 0 Å². The van der Waals surface area contributed by atoms with E-state index in [0.29, 0.717) is 0 Å². The highest BCUT2D eigenvalue weighted by Crippen LogP contribution is 2.38. The minimum absolute atomic E-state index is 0.00407. The Balaban J connectivity index is 3.21. The third kappa shape index (κ3) is 3.44. The van der Waals surface area contributed by atoms with Crippen LogP contribution in [0, 0.1) is 10.1 Å². The lowest BCUT2D eigenvalue weighted by atomic mass is 10.1. The van der Waals surface area contributed by atoms with E-state index in [0.717, 1.165) is 13.0 Å². The Morgan fingerprint density at radius 2 is 1.90 bits per heavy atom. The summed E-state index contributed by atoms with van der Waals surface area (Å²) in [5.74, 6) is -1.23. The molecule has 0 fully saturated rings. The Bertz CT molecular complexity index is 553. The SMILES string of the molecule is COc1cc(C(=O)COC(C)=O)cc([N+](=O)[O-])c1OC. The summed E-state index contributed by atoms with van der Waals surface area (Å²) < 4.78 is 14.4. The van der Waals surface area contributed by atoms with Gasteiger partial charge in [-0.05, 0) is 6.07 Å². The number of nitro benzene ring substituents is 1. The zero-order valence-corrected chi connectivity index (χ0v) is 11.2. The van der Waals surface area contributed by atoms with Crippen LogP contribution in [-0.2, 0) is 9.53 Å². The van der Waals surface area contributed by atoms with Crippen LogP contribution in [0.2, 0.25) is 0 Å². The molecule has 0 unspecified atom stereocenters. The molecule has 0 aliphatic carbocycles. The Morgan fingerprint density at radius 1 is 1.25 bits per heavy atom.